The molecule has 1 fully saturated rings. The van der Waals surface area contributed by atoms with Crippen LogP contribution in [0.1, 0.15) is 39.8 Å². The number of nitrogens with one attached hydrogen (secondary N) is 1. The second kappa shape index (κ2) is 7.65. The Balaban J connectivity index is 1.66. The van der Waals surface area contributed by atoms with Gasteiger partial charge in [0.1, 0.15) is 11.4 Å². The lowest BCUT2D eigenvalue weighted by atomic mass is 10.0. The lowest BCUT2D eigenvalue weighted by Crippen LogP contribution is -2.52. The molecule has 10 heteroatoms. The standard InChI is InChI=1S/C21H21ClFN3O5/c1-2-26-20(31)16-18(29)17(28)13(8-25(16)10-21(26)6-12(21)9-27)19(30)24-7-11-4-3-5-14(22)15(11)23/h3-5,8,12,27,29H,2,6-7,9-10H2,1H3,(H,24,30)/t12-,21-/m1/s1. The summed E-state index contributed by atoms with van der Waals surface area (Å²) in [5.74, 6) is -2.93. The Morgan fingerprint density at radius 1 is 1.39 bits per heavy atom. The molecule has 0 radical (unpaired) electrons. The third-order valence-corrected chi connectivity index (χ3v) is 6.43. The Kier molecular flexibility index (Phi) is 5.26. The fraction of sp³-hybridized carbons (Fsp3) is 0.381. The van der Waals surface area contributed by atoms with E-state index in [1.165, 1.54) is 29.0 Å². The van der Waals surface area contributed by atoms with E-state index in [0.717, 1.165) is 0 Å². The number of nitrogens with zero attached hydrogens (tertiary/aromatic N) is 2. The summed E-state index contributed by atoms with van der Waals surface area (Å²) in [5, 5.41) is 22.4. The molecule has 2 amide bonds. The molecule has 2 aliphatic rings. The first-order valence-electron chi connectivity index (χ1n) is 9.85. The number of amides is 2. The number of carbonyl (C=O) groups is 2. The number of carbonyl (C=O) groups excluding carboxylic acids is 2. The minimum Gasteiger partial charge on any atom is -0.503 e. The monoisotopic (exact) mass is 449 g/mol. The summed E-state index contributed by atoms with van der Waals surface area (Å²) >= 11 is 5.74. The van der Waals surface area contributed by atoms with Gasteiger partial charge in [0.25, 0.3) is 11.8 Å². The molecule has 8 nitrogen and oxygen atoms in total. The van der Waals surface area contributed by atoms with Gasteiger partial charge in [-0.1, -0.05) is 23.7 Å². The first kappa shape index (κ1) is 21.3. The van der Waals surface area contributed by atoms with Crippen molar-refractivity contribution in [2.24, 2.45) is 5.92 Å². The number of aliphatic hydroxyl groups excluding tert-OH is 1. The predicted octanol–water partition coefficient (Wildman–Crippen LogP) is 1.50. The first-order chi connectivity index (χ1) is 14.7. The number of pyridine rings is 1. The minimum absolute atomic E-state index is 0.0922. The number of likely N-dealkylation sites (N-methyl/N-ethyl adjacent to an activating group) is 1. The lowest BCUT2D eigenvalue weighted by Gasteiger charge is -2.38. The summed E-state index contributed by atoms with van der Waals surface area (Å²) in [6.07, 6.45) is 1.82. The van der Waals surface area contributed by atoms with E-state index < -0.39 is 34.3 Å². The Morgan fingerprint density at radius 2 is 2.13 bits per heavy atom. The average molecular weight is 450 g/mol. The van der Waals surface area contributed by atoms with Gasteiger partial charge in [0.15, 0.2) is 11.4 Å². The van der Waals surface area contributed by atoms with E-state index in [2.05, 4.69) is 5.32 Å². The molecule has 31 heavy (non-hydrogen) atoms. The molecular weight excluding hydrogens is 429 g/mol. The summed E-state index contributed by atoms with van der Waals surface area (Å²) in [7, 11) is 0. The maximum Gasteiger partial charge on any atom is 0.275 e. The summed E-state index contributed by atoms with van der Waals surface area (Å²) in [4.78, 5) is 39.8. The summed E-state index contributed by atoms with van der Waals surface area (Å²) in [5.41, 5.74) is -1.99. The molecule has 2 aromatic rings. The molecule has 1 aromatic carbocycles. The maximum absolute atomic E-state index is 14.0. The van der Waals surface area contributed by atoms with Crippen LogP contribution in [0.5, 0.6) is 5.75 Å². The summed E-state index contributed by atoms with van der Waals surface area (Å²) in [6, 6.07) is 4.35. The van der Waals surface area contributed by atoms with Crippen molar-refractivity contribution in [3.63, 3.8) is 0 Å². The van der Waals surface area contributed by atoms with Crippen molar-refractivity contribution in [1.82, 2.24) is 14.8 Å². The van der Waals surface area contributed by atoms with Crippen molar-refractivity contribution in [1.29, 1.82) is 0 Å². The van der Waals surface area contributed by atoms with Crippen LogP contribution in [0.4, 0.5) is 4.39 Å². The molecule has 1 spiro atoms. The van der Waals surface area contributed by atoms with Gasteiger partial charge in [0.2, 0.25) is 5.43 Å². The van der Waals surface area contributed by atoms with E-state index in [4.69, 9.17) is 11.6 Å². The third kappa shape index (κ3) is 3.28. The van der Waals surface area contributed by atoms with Crippen molar-refractivity contribution in [2.75, 3.05) is 13.2 Å². The van der Waals surface area contributed by atoms with Gasteiger partial charge in [-0.2, -0.15) is 0 Å². The van der Waals surface area contributed by atoms with Gasteiger partial charge in [-0.15, -0.1) is 0 Å². The van der Waals surface area contributed by atoms with Gasteiger partial charge in [-0.25, -0.2) is 4.39 Å². The molecule has 0 saturated heterocycles. The van der Waals surface area contributed by atoms with Crippen molar-refractivity contribution in [3.8, 4) is 5.75 Å². The Hall–Kier alpha value is -2.91. The number of halogens is 2. The van der Waals surface area contributed by atoms with E-state index in [1.54, 1.807) is 11.8 Å². The number of benzene rings is 1. The molecule has 3 N–H and O–H groups in total. The normalized spacial score (nSPS) is 21.9. The van der Waals surface area contributed by atoms with Crippen LogP contribution in [-0.4, -0.2) is 50.2 Å². The van der Waals surface area contributed by atoms with Crippen LogP contribution in [0.3, 0.4) is 0 Å². The molecule has 1 aliphatic carbocycles. The molecule has 1 aromatic heterocycles. The number of fused-ring (bicyclic) bond motifs is 1. The van der Waals surface area contributed by atoms with Crippen LogP contribution in [0, 0.1) is 11.7 Å². The minimum atomic E-state index is -0.981. The zero-order chi connectivity index (χ0) is 22.5. The van der Waals surface area contributed by atoms with Crippen molar-refractivity contribution in [3.05, 3.63) is 62.3 Å². The SMILES string of the molecule is CCN1C(=O)c2c(O)c(=O)c(C(=O)NCc3cccc(Cl)c3F)cn2C[C@@]12C[C@@H]2CO. The molecular formula is C21H21ClFN3O5. The molecule has 0 unspecified atom stereocenters. The maximum atomic E-state index is 14.0. The fourth-order valence-electron chi connectivity index (χ4n) is 4.41. The highest BCUT2D eigenvalue weighted by molar-refractivity contribution is 6.30. The molecule has 0 bridgehead atoms. The van der Waals surface area contributed by atoms with E-state index in [1.807, 2.05) is 0 Å². The molecule has 2 heterocycles. The number of aromatic nitrogens is 1. The molecule has 4 rings (SSSR count). The number of aromatic hydroxyl groups is 1. The Morgan fingerprint density at radius 3 is 2.77 bits per heavy atom. The molecule has 1 saturated carbocycles. The van der Waals surface area contributed by atoms with Gasteiger partial charge >= 0.3 is 0 Å². The molecule has 2 atom stereocenters. The average Bonchev–Trinajstić information content (AvgIpc) is 3.44. The Labute approximate surface area is 181 Å². The largest absolute Gasteiger partial charge is 0.503 e. The summed E-state index contributed by atoms with van der Waals surface area (Å²) < 4.78 is 15.4. The second-order valence-corrected chi connectivity index (χ2v) is 8.24. The van der Waals surface area contributed by atoms with E-state index in [-0.39, 0.29) is 47.5 Å². The second-order valence-electron chi connectivity index (χ2n) is 7.83. The number of hydrogen-bond acceptors (Lipinski definition) is 5. The van der Waals surface area contributed by atoms with Gasteiger partial charge in [0, 0.05) is 43.9 Å². The first-order valence-corrected chi connectivity index (χ1v) is 10.2. The summed E-state index contributed by atoms with van der Waals surface area (Å²) in [6.45, 7) is 2.07. The topological polar surface area (TPSA) is 112 Å². The van der Waals surface area contributed by atoms with Gasteiger partial charge in [0.05, 0.1) is 10.6 Å². The fourth-order valence-corrected chi connectivity index (χ4v) is 4.61. The van der Waals surface area contributed by atoms with E-state index in [9.17, 15) is 29.0 Å². The zero-order valence-corrected chi connectivity index (χ0v) is 17.4. The van der Waals surface area contributed by atoms with Gasteiger partial charge < -0.3 is 25.0 Å². The quantitative estimate of drug-likeness (QED) is 0.640. The number of aliphatic hydroxyl groups is 1. The van der Waals surface area contributed by atoms with E-state index in [0.29, 0.717) is 13.0 Å². The van der Waals surface area contributed by atoms with Crippen LogP contribution in [-0.2, 0) is 13.1 Å². The van der Waals surface area contributed by atoms with Gasteiger partial charge in [-0.3, -0.25) is 14.4 Å². The van der Waals surface area contributed by atoms with Crippen molar-refractivity contribution >= 4 is 23.4 Å². The van der Waals surface area contributed by atoms with E-state index >= 15 is 0 Å². The van der Waals surface area contributed by atoms with Gasteiger partial charge in [-0.05, 0) is 19.4 Å². The predicted molar refractivity (Wildman–Crippen MR) is 110 cm³/mol. The lowest BCUT2D eigenvalue weighted by molar-refractivity contribution is 0.0508. The smallest absolute Gasteiger partial charge is 0.275 e. The van der Waals surface area contributed by atoms with Crippen LogP contribution < -0.4 is 10.7 Å². The zero-order valence-electron chi connectivity index (χ0n) is 16.7. The van der Waals surface area contributed by atoms with Crippen LogP contribution in [0.2, 0.25) is 5.02 Å². The van der Waals surface area contributed by atoms with Crippen molar-refractivity contribution < 1.29 is 24.2 Å². The van der Waals surface area contributed by atoms with Crippen LogP contribution >= 0.6 is 11.6 Å². The van der Waals surface area contributed by atoms with Crippen molar-refractivity contribution in [2.45, 2.75) is 32.0 Å². The highest BCUT2D eigenvalue weighted by atomic mass is 35.5. The third-order valence-electron chi connectivity index (χ3n) is 6.14. The highest BCUT2D eigenvalue weighted by Gasteiger charge is 2.61. The number of rotatable bonds is 5. The number of hydrogen-bond donors (Lipinski definition) is 3. The Bertz CT molecular complexity index is 1150. The highest BCUT2D eigenvalue weighted by Crippen LogP contribution is 2.52. The molecule has 1 aliphatic heterocycles. The van der Waals surface area contributed by atoms with Crippen LogP contribution in [0.15, 0.2) is 29.2 Å². The van der Waals surface area contributed by atoms with Crippen LogP contribution in [0.25, 0.3) is 0 Å². The molecule has 164 valence electrons.